The van der Waals surface area contributed by atoms with Gasteiger partial charge in [-0.25, -0.2) is 4.98 Å². The lowest BCUT2D eigenvalue weighted by Crippen LogP contribution is -2.37. The molecule has 0 saturated heterocycles. The van der Waals surface area contributed by atoms with Crippen LogP contribution >= 0.6 is 0 Å². The molecule has 0 radical (unpaired) electrons. The lowest BCUT2D eigenvalue weighted by molar-refractivity contribution is -0.124. The third-order valence-corrected chi connectivity index (χ3v) is 3.72. The van der Waals surface area contributed by atoms with Gasteiger partial charge in [0.25, 0.3) is 0 Å². The van der Waals surface area contributed by atoms with Crippen molar-refractivity contribution < 1.29 is 4.79 Å². The highest BCUT2D eigenvalue weighted by molar-refractivity contribution is 5.79. The standard InChI is InChI=1S/C13H20N4O/c14-6-9(13(18)16-10-1-2-10)5-12-7-15-8-17(12)11-3-4-11/h7-11H,1-6,14H2,(H,16,18). The van der Waals surface area contributed by atoms with Crippen LogP contribution in [0.25, 0.3) is 0 Å². The molecule has 3 N–H and O–H groups in total. The van der Waals surface area contributed by atoms with Gasteiger partial charge in [0, 0.05) is 36.9 Å². The van der Waals surface area contributed by atoms with E-state index in [1.54, 1.807) is 0 Å². The number of nitrogens with zero attached hydrogens (tertiary/aromatic N) is 2. The van der Waals surface area contributed by atoms with Gasteiger partial charge in [-0.1, -0.05) is 0 Å². The predicted molar refractivity (Wildman–Crippen MR) is 67.9 cm³/mol. The van der Waals surface area contributed by atoms with Gasteiger partial charge in [0.15, 0.2) is 0 Å². The summed E-state index contributed by atoms with van der Waals surface area (Å²) in [6.45, 7) is 0.397. The maximum absolute atomic E-state index is 12.0. The number of carbonyl (C=O) groups excluding carboxylic acids is 1. The number of rotatable bonds is 6. The van der Waals surface area contributed by atoms with Crippen LogP contribution in [0.1, 0.15) is 37.4 Å². The fourth-order valence-corrected chi connectivity index (χ4v) is 2.25. The van der Waals surface area contributed by atoms with Gasteiger partial charge in [0.05, 0.1) is 12.2 Å². The zero-order valence-corrected chi connectivity index (χ0v) is 10.5. The SMILES string of the molecule is NCC(Cc1cncn1C1CC1)C(=O)NC1CC1. The number of imidazole rings is 1. The minimum atomic E-state index is -0.125. The van der Waals surface area contributed by atoms with E-state index in [-0.39, 0.29) is 11.8 Å². The van der Waals surface area contributed by atoms with Gasteiger partial charge >= 0.3 is 0 Å². The number of hydrogen-bond donors (Lipinski definition) is 2. The summed E-state index contributed by atoms with van der Waals surface area (Å²) in [7, 11) is 0. The largest absolute Gasteiger partial charge is 0.353 e. The lowest BCUT2D eigenvalue weighted by atomic mass is 10.0. The molecule has 1 unspecified atom stereocenters. The summed E-state index contributed by atoms with van der Waals surface area (Å²) < 4.78 is 2.20. The van der Waals surface area contributed by atoms with Crippen LogP contribution in [0, 0.1) is 5.92 Å². The topological polar surface area (TPSA) is 72.9 Å². The zero-order valence-electron chi connectivity index (χ0n) is 10.5. The average molecular weight is 248 g/mol. The molecular weight excluding hydrogens is 228 g/mol. The Labute approximate surface area is 107 Å². The van der Waals surface area contributed by atoms with Crippen molar-refractivity contribution in [2.24, 2.45) is 11.7 Å². The molecule has 2 aliphatic rings. The highest BCUT2D eigenvalue weighted by Gasteiger charge is 2.29. The summed E-state index contributed by atoms with van der Waals surface area (Å²) in [6, 6.07) is 1.01. The van der Waals surface area contributed by atoms with Crippen LogP contribution in [0.5, 0.6) is 0 Å². The zero-order chi connectivity index (χ0) is 12.5. The van der Waals surface area contributed by atoms with Crippen molar-refractivity contribution in [1.82, 2.24) is 14.9 Å². The molecule has 0 aromatic carbocycles. The first kappa shape index (κ1) is 11.7. The summed E-state index contributed by atoms with van der Waals surface area (Å²) in [5.74, 6) is -0.0247. The minimum Gasteiger partial charge on any atom is -0.353 e. The number of nitrogens with two attached hydrogens (primary N) is 1. The molecule has 5 nitrogen and oxygen atoms in total. The van der Waals surface area contributed by atoms with E-state index >= 15 is 0 Å². The van der Waals surface area contributed by atoms with Gasteiger partial charge in [0.2, 0.25) is 5.91 Å². The molecule has 18 heavy (non-hydrogen) atoms. The van der Waals surface area contributed by atoms with Gasteiger partial charge in [-0.15, -0.1) is 0 Å². The Morgan fingerprint density at radius 3 is 2.89 bits per heavy atom. The summed E-state index contributed by atoms with van der Waals surface area (Å²) in [5, 5.41) is 3.03. The van der Waals surface area contributed by atoms with Gasteiger partial charge in [-0.3, -0.25) is 4.79 Å². The van der Waals surface area contributed by atoms with Crippen molar-refractivity contribution in [3.63, 3.8) is 0 Å². The predicted octanol–water partition coefficient (Wildman–Crippen LogP) is 0.614. The maximum atomic E-state index is 12.0. The van der Waals surface area contributed by atoms with E-state index in [1.807, 2.05) is 12.5 Å². The van der Waals surface area contributed by atoms with Gasteiger partial charge in [-0.2, -0.15) is 0 Å². The molecule has 1 amide bonds. The number of nitrogens with one attached hydrogen (secondary N) is 1. The third-order valence-electron chi connectivity index (χ3n) is 3.72. The molecule has 2 saturated carbocycles. The van der Waals surface area contributed by atoms with Crippen LogP contribution in [0.4, 0.5) is 0 Å². The van der Waals surface area contributed by atoms with Gasteiger partial charge in [0.1, 0.15) is 0 Å². The number of aromatic nitrogens is 2. The van der Waals surface area contributed by atoms with E-state index in [0.717, 1.165) is 18.5 Å². The summed E-state index contributed by atoms with van der Waals surface area (Å²) >= 11 is 0. The molecular formula is C13H20N4O. The molecule has 0 bridgehead atoms. The lowest BCUT2D eigenvalue weighted by Gasteiger charge is -2.15. The Hall–Kier alpha value is -1.36. The highest BCUT2D eigenvalue weighted by Crippen LogP contribution is 2.36. The van der Waals surface area contributed by atoms with Crippen LogP contribution in [0.2, 0.25) is 0 Å². The maximum Gasteiger partial charge on any atom is 0.224 e. The van der Waals surface area contributed by atoms with Crippen molar-refractivity contribution in [3.05, 3.63) is 18.2 Å². The number of amides is 1. The molecule has 3 rings (SSSR count). The van der Waals surface area contributed by atoms with Crippen molar-refractivity contribution in [1.29, 1.82) is 0 Å². The molecule has 2 fully saturated rings. The Morgan fingerprint density at radius 1 is 1.50 bits per heavy atom. The van der Waals surface area contributed by atoms with Crippen LogP contribution in [0.3, 0.4) is 0 Å². The van der Waals surface area contributed by atoms with Crippen LogP contribution < -0.4 is 11.1 Å². The first-order valence-corrected chi connectivity index (χ1v) is 6.79. The Morgan fingerprint density at radius 2 is 2.28 bits per heavy atom. The summed E-state index contributed by atoms with van der Waals surface area (Å²) in [6.07, 6.45) is 9.12. The van der Waals surface area contributed by atoms with Crippen LogP contribution in [0.15, 0.2) is 12.5 Å². The summed E-state index contributed by atoms with van der Waals surface area (Å²) in [5.41, 5.74) is 6.88. The first-order chi connectivity index (χ1) is 8.78. The van der Waals surface area contributed by atoms with E-state index < -0.39 is 0 Å². The summed E-state index contributed by atoms with van der Waals surface area (Å²) in [4.78, 5) is 16.2. The Kier molecular flexibility index (Phi) is 3.07. The fourth-order valence-electron chi connectivity index (χ4n) is 2.25. The molecule has 1 atom stereocenters. The molecule has 1 aromatic heterocycles. The fraction of sp³-hybridized carbons (Fsp3) is 0.692. The molecule has 2 aliphatic carbocycles. The van der Waals surface area contributed by atoms with Crippen LogP contribution in [-0.4, -0.2) is 28.0 Å². The number of carbonyl (C=O) groups is 1. The quantitative estimate of drug-likeness (QED) is 0.775. The van der Waals surface area contributed by atoms with E-state index in [0.29, 0.717) is 25.0 Å². The smallest absolute Gasteiger partial charge is 0.224 e. The van der Waals surface area contributed by atoms with Crippen molar-refractivity contribution >= 4 is 5.91 Å². The molecule has 0 aliphatic heterocycles. The van der Waals surface area contributed by atoms with Gasteiger partial charge in [-0.05, 0) is 25.7 Å². The molecule has 98 valence electrons. The van der Waals surface area contributed by atoms with Gasteiger partial charge < -0.3 is 15.6 Å². The molecule has 1 aromatic rings. The normalized spacial score (nSPS) is 20.7. The van der Waals surface area contributed by atoms with E-state index in [4.69, 9.17) is 5.73 Å². The van der Waals surface area contributed by atoms with E-state index in [1.165, 1.54) is 12.8 Å². The van der Waals surface area contributed by atoms with E-state index in [2.05, 4.69) is 14.9 Å². The van der Waals surface area contributed by atoms with Crippen molar-refractivity contribution in [2.75, 3.05) is 6.54 Å². The van der Waals surface area contributed by atoms with Crippen molar-refractivity contribution in [3.8, 4) is 0 Å². The van der Waals surface area contributed by atoms with Crippen LogP contribution in [-0.2, 0) is 11.2 Å². The molecule has 0 spiro atoms. The monoisotopic (exact) mass is 248 g/mol. The highest BCUT2D eigenvalue weighted by atomic mass is 16.2. The molecule has 1 heterocycles. The Bertz CT molecular complexity index is 434. The average Bonchev–Trinajstić information content (AvgIpc) is 3.28. The van der Waals surface area contributed by atoms with E-state index in [9.17, 15) is 4.79 Å². The second kappa shape index (κ2) is 4.72. The third kappa shape index (κ3) is 2.56. The van der Waals surface area contributed by atoms with Crippen molar-refractivity contribution in [2.45, 2.75) is 44.2 Å². The Balaban J connectivity index is 1.64. The minimum absolute atomic E-state index is 0.101. The molecule has 5 heteroatoms. The number of hydrogen-bond acceptors (Lipinski definition) is 3. The second-order valence-electron chi connectivity index (χ2n) is 5.44. The second-order valence-corrected chi connectivity index (χ2v) is 5.44. The first-order valence-electron chi connectivity index (χ1n) is 6.79.